The van der Waals surface area contributed by atoms with E-state index in [2.05, 4.69) is 279 Å². The minimum atomic E-state index is 0. The number of imidazole rings is 3. The van der Waals surface area contributed by atoms with Crippen molar-refractivity contribution in [2.75, 3.05) is 0 Å². The molecule has 0 aliphatic heterocycles. The van der Waals surface area contributed by atoms with Crippen molar-refractivity contribution in [3.63, 3.8) is 0 Å². The Labute approximate surface area is 713 Å². The average molecular weight is 2030 g/mol. The second-order valence-electron chi connectivity index (χ2n) is 30.0. The smallest absolute Gasteiger partial charge is 0.143 e. The third-order valence-electron chi connectivity index (χ3n) is 20.9. The minimum Gasteiger partial charge on any atom is -0.456 e. The molecule has 585 valence electrons. The first-order chi connectivity index (χ1) is 52.5. The molecule has 0 N–H and O–H groups in total. The number of rotatable bonds is 15. The quantitative estimate of drug-likeness (QED) is 0.0950. The Morgan fingerprint density at radius 2 is 0.588 bits per heavy atom. The van der Waals surface area contributed by atoms with Gasteiger partial charge in [-0.05, 0) is 176 Å². The van der Waals surface area contributed by atoms with Crippen LogP contribution in [-0.2, 0) is 60.3 Å². The first kappa shape index (κ1) is 86.0. The van der Waals surface area contributed by atoms with Crippen molar-refractivity contribution < 1.29 is 73.6 Å². The van der Waals surface area contributed by atoms with Gasteiger partial charge in [-0.3, -0.25) is 15.0 Å². The van der Waals surface area contributed by atoms with Gasteiger partial charge in [-0.1, -0.05) is 190 Å². The number of hydrogen-bond donors (Lipinski definition) is 0. The monoisotopic (exact) mass is 2030 g/mol. The van der Waals surface area contributed by atoms with E-state index in [1.54, 1.807) is 0 Å². The third kappa shape index (κ3) is 16.6. The van der Waals surface area contributed by atoms with Crippen molar-refractivity contribution in [2.24, 2.45) is 0 Å². The van der Waals surface area contributed by atoms with E-state index >= 15 is 0 Å². The van der Waals surface area contributed by atoms with Crippen LogP contribution in [0.1, 0.15) is 174 Å². The summed E-state index contributed by atoms with van der Waals surface area (Å²) in [5.41, 5.74) is 27.1. The van der Waals surface area contributed by atoms with Crippen LogP contribution in [0.25, 0.3) is 150 Å². The van der Waals surface area contributed by atoms with Gasteiger partial charge in [0.05, 0.1) is 17.5 Å². The topological polar surface area (TPSA) is 92.9 Å². The summed E-state index contributed by atoms with van der Waals surface area (Å²) in [6.07, 6.45) is 11.9. The summed E-state index contributed by atoms with van der Waals surface area (Å²) < 4.78 is 25.4. The van der Waals surface area contributed by atoms with Gasteiger partial charge in [0.1, 0.15) is 33.5 Å². The SMILES string of the molecule is C.C.C.CC(C)c1cc(-c2ccc3c(c2)oc2ccccc23)cc(C(C)C)c1-n1ccnc1-c1[c-]cccc1.CC(C)c1cc(-c2ccc3oc4ccccc4c3c2)cc(C(C)C)c1-n1ccnc1-c1[c-]cccc1.CC(C)c1cc(-c2cccc3c2oc2ccccc23)cc(C(C)C)c1-n1ccnc1-c1[c-]cccc1.[Ir].[Ir].[Ir]. The minimum absolute atomic E-state index is 0. The van der Waals surface area contributed by atoms with Gasteiger partial charge in [0.25, 0.3) is 0 Å². The van der Waals surface area contributed by atoms with Crippen LogP contribution in [-0.4, -0.2) is 28.7 Å². The van der Waals surface area contributed by atoms with Gasteiger partial charge in [-0.2, -0.15) is 0 Å². The summed E-state index contributed by atoms with van der Waals surface area (Å²) in [5, 5.41) is 6.93. The van der Waals surface area contributed by atoms with Crippen molar-refractivity contribution in [3.8, 4) is 84.6 Å². The van der Waals surface area contributed by atoms with Gasteiger partial charge in [0, 0.05) is 152 Å². The summed E-state index contributed by atoms with van der Waals surface area (Å²) in [6, 6.07) is 92.6. The molecule has 0 fully saturated rings. The molecule has 0 spiro atoms. The molecule has 6 aromatic heterocycles. The summed E-state index contributed by atoms with van der Waals surface area (Å²) in [6.45, 7) is 27.2. The second-order valence-corrected chi connectivity index (χ2v) is 30.0. The molecular formula is C102H99Ir3N6O3-3. The van der Waals surface area contributed by atoms with E-state index in [1.165, 1.54) is 78.3 Å². The molecule has 114 heavy (non-hydrogen) atoms. The number of benzene rings is 12. The molecule has 12 aromatic carbocycles. The van der Waals surface area contributed by atoms with E-state index in [0.717, 1.165) is 106 Å². The summed E-state index contributed by atoms with van der Waals surface area (Å²) in [5.74, 6) is 4.73. The maximum absolute atomic E-state index is 6.40. The van der Waals surface area contributed by atoms with E-state index < -0.39 is 0 Å². The summed E-state index contributed by atoms with van der Waals surface area (Å²) >= 11 is 0. The Balaban J connectivity index is 0.000000176. The van der Waals surface area contributed by atoms with E-state index in [0.29, 0.717) is 35.5 Å². The fourth-order valence-corrected chi connectivity index (χ4v) is 15.4. The Bertz CT molecular complexity index is 6190. The largest absolute Gasteiger partial charge is 0.456 e. The van der Waals surface area contributed by atoms with E-state index in [4.69, 9.17) is 28.2 Å². The maximum atomic E-state index is 6.40. The molecule has 0 unspecified atom stereocenters. The number of nitrogens with zero attached hydrogens (tertiary/aromatic N) is 6. The van der Waals surface area contributed by atoms with Crippen molar-refractivity contribution in [2.45, 2.75) is 141 Å². The first-order valence-electron chi connectivity index (χ1n) is 37.8. The Morgan fingerprint density at radius 3 is 0.982 bits per heavy atom. The first-order valence-corrected chi connectivity index (χ1v) is 37.8. The van der Waals surface area contributed by atoms with Gasteiger partial charge in [-0.25, -0.2) is 0 Å². The van der Waals surface area contributed by atoms with Crippen LogP contribution in [0.2, 0.25) is 0 Å². The number of furan rings is 3. The van der Waals surface area contributed by atoms with Gasteiger partial charge in [0.15, 0.2) is 0 Å². The molecule has 0 amide bonds. The predicted octanol–water partition coefficient (Wildman–Crippen LogP) is 29.4. The Hall–Kier alpha value is -10.4. The van der Waals surface area contributed by atoms with Gasteiger partial charge in [0.2, 0.25) is 0 Å². The zero-order valence-electron chi connectivity index (χ0n) is 64.4. The van der Waals surface area contributed by atoms with Crippen molar-refractivity contribution >= 4 is 65.8 Å². The number of fused-ring (bicyclic) bond motifs is 9. The molecule has 0 saturated carbocycles. The van der Waals surface area contributed by atoms with Crippen LogP contribution < -0.4 is 0 Å². The molecule has 0 aliphatic rings. The Morgan fingerprint density at radius 1 is 0.272 bits per heavy atom. The van der Waals surface area contributed by atoms with E-state index in [9.17, 15) is 0 Å². The average Bonchev–Trinajstić information content (AvgIpc) is 1.41. The van der Waals surface area contributed by atoms with Crippen molar-refractivity contribution in [1.29, 1.82) is 0 Å². The van der Waals surface area contributed by atoms with E-state index in [1.807, 2.05) is 110 Å². The van der Waals surface area contributed by atoms with Crippen LogP contribution in [0.4, 0.5) is 0 Å². The molecule has 3 radical (unpaired) electrons. The second kappa shape index (κ2) is 36.8. The fraction of sp³-hybridized carbons (Fsp3) is 0.206. The number of aromatic nitrogens is 6. The maximum Gasteiger partial charge on any atom is 0.143 e. The molecule has 18 aromatic rings. The third-order valence-corrected chi connectivity index (χ3v) is 20.9. The van der Waals surface area contributed by atoms with Crippen LogP contribution in [0.15, 0.2) is 287 Å². The number of hydrogen-bond acceptors (Lipinski definition) is 6. The molecular weight excluding hydrogens is 1930 g/mol. The van der Waals surface area contributed by atoms with Crippen LogP contribution in [0.3, 0.4) is 0 Å². The summed E-state index contributed by atoms with van der Waals surface area (Å²) in [7, 11) is 0. The van der Waals surface area contributed by atoms with Crippen molar-refractivity contribution in [3.05, 3.63) is 325 Å². The van der Waals surface area contributed by atoms with Crippen LogP contribution >= 0.6 is 0 Å². The fourth-order valence-electron chi connectivity index (χ4n) is 15.4. The molecule has 0 bridgehead atoms. The number of para-hydroxylation sites is 4. The zero-order valence-corrected chi connectivity index (χ0v) is 71.5. The molecule has 0 atom stereocenters. The van der Waals surface area contributed by atoms with Crippen LogP contribution in [0, 0.1) is 18.2 Å². The normalized spacial score (nSPS) is 11.2. The zero-order chi connectivity index (χ0) is 74.4. The molecule has 0 aliphatic carbocycles. The molecule has 12 heteroatoms. The van der Waals surface area contributed by atoms with Crippen molar-refractivity contribution in [1.82, 2.24) is 28.7 Å². The molecule has 6 heterocycles. The predicted molar refractivity (Wildman–Crippen MR) is 466 cm³/mol. The summed E-state index contributed by atoms with van der Waals surface area (Å²) in [4.78, 5) is 14.2. The Kier molecular flexibility index (Phi) is 27.8. The van der Waals surface area contributed by atoms with E-state index in [-0.39, 0.29) is 82.6 Å². The van der Waals surface area contributed by atoms with Gasteiger partial charge in [-0.15, -0.1) is 108 Å². The van der Waals surface area contributed by atoms with Crippen LogP contribution in [0.5, 0.6) is 0 Å². The molecule has 9 nitrogen and oxygen atoms in total. The molecule has 0 saturated heterocycles. The van der Waals surface area contributed by atoms with Gasteiger partial charge >= 0.3 is 0 Å². The standard InChI is InChI=1S/3C33H29N2O.3CH4.3Ir/c1-21(2)28-19-24(25-14-10-15-27-26-13-8-9-16-30(26)36-32(25)27)20-29(22(3)4)31(28)35-18-17-34-33(35)23-11-6-5-7-12-23;1-21(2)28-18-25(24-14-15-27-26-12-8-9-13-30(26)36-31(27)20-24)19-29(22(3)4)32(28)35-17-16-34-33(35)23-10-6-5-7-11-23;1-21(2)27-19-25(24-14-15-31-29(18-24)26-12-8-9-13-30(26)36-31)20-28(22(3)4)32(27)35-17-16-34-33(35)23-10-6-5-7-11-23;;;;;;/h5-11,13-22H,1-4H3;2*5-10,12-22H,1-4H3;3*1H4;;;/q3*-1;;;;;;. The molecule has 18 rings (SSSR count). The van der Waals surface area contributed by atoms with Gasteiger partial charge < -0.3 is 27.0 Å².